The normalized spacial score (nSPS) is 10.6. The van der Waals surface area contributed by atoms with Gasteiger partial charge in [0, 0.05) is 16.0 Å². The lowest BCUT2D eigenvalue weighted by atomic mass is 10.0. The Morgan fingerprint density at radius 3 is 2.52 bits per heavy atom. The largest absolute Gasteiger partial charge is 0.497 e. The molecule has 0 unspecified atom stereocenters. The minimum atomic E-state index is 0.620. The third kappa shape index (κ3) is 2.63. The second-order valence-electron chi connectivity index (χ2n) is 4.59. The van der Waals surface area contributed by atoms with E-state index in [2.05, 4.69) is 10.4 Å². The molecule has 1 aromatic heterocycles. The molecule has 0 aliphatic rings. The number of hydrogen-bond acceptors (Lipinski definition) is 4. The number of ether oxygens (including phenoxy) is 1. The predicted octanol–water partition coefficient (Wildman–Crippen LogP) is 3.85. The smallest absolute Gasteiger partial charge is 0.148 e. The maximum absolute atomic E-state index is 5.93. The predicted molar refractivity (Wildman–Crippen MR) is 86.6 cm³/mol. The molecule has 0 amide bonds. The minimum absolute atomic E-state index is 0.620. The average Bonchev–Trinajstić information content (AvgIpc) is 2.53. The molecule has 0 radical (unpaired) electrons. The number of benzene rings is 2. The molecule has 1 heterocycles. The molecule has 4 nitrogen and oxygen atoms in total. The number of anilines is 1. The molecule has 0 saturated carbocycles. The highest BCUT2D eigenvalue weighted by molar-refractivity contribution is 6.30. The van der Waals surface area contributed by atoms with Gasteiger partial charge in [-0.3, -0.25) is 0 Å². The number of nitrogens with zero attached hydrogens (tertiary/aromatic N) is 1. The van der Waals surface area contributed by atoms with Gasteiger partial charge < -0.3 is 10.2 Å². The number of pyridine rings is 1. The van der Waals surface area contributed by atoms with Crippen molar-refractivity contribution in [3.63, 3.8) is 0 Å². The number of fused-ring (bicyclic) bond motifs is 1. The average molecular weight is 300 g/mol. The summed E-state index contributed by atoms with van der Waals surface area (Å²) in [5.74, 6) is 7.01. The maximum atomic E-state index is 5.93. The van der Waals surface area contributed by atoms with E-state index < -0.39 is 0 Å². The van der Waals surface area contributed by atoms with Crippen molar-refractivity contribution in [3.05, 3.63) is 53.6 Å². The van der Waals surface area contributed by atoms with Crippen molar-refractivity contribution in [3.8, 4) is 16.9 Å². The van der Waals surface area contributed by atoms with Gasteiger partial charge in [-0.15, -0.1) is 0 Å². The minimum Gasteiger partial charge on any atom is -0.497 e. The van der Waals surface area contributed by atoms with Gasteiger partial charge in [0.15, 0.2) is 0 Å². The molecule has 0 spiro atoms. The topological polar surface area (TPSA) is 60.2 Å². The van der Waals surface area contributed by atoms with Crippen molar-refractivity contribution >= 4 is 28.3 Å². The lowest BCUT2D eigenvalue weighted by Crippen LogP contribution is -2.10. The van der Waals surface area contributed by atoms with Gasteiger partial charge in [0.2, 0.25) is 0 Å². The fourth-order valence-corrected chi connectivity index (χ4v) is 2.37. The van der Waals surface area contributed by atoms with E-state index in [0.29, 0.717) is 10.8 Å². The number of hydrogen-bond donors (Lipinski definition) is 2. The molecule has 0 saturated heterocycles. The summed E-state index contributed by atoms with van der Waals surface area (Å²) in [5, 5.41) is 1.68. The zero-order chi connectivity index (χ0) is 14.8. The number of aromatic nitrogens is 1. The van der Waals surface area contributed by atoms with E-state index in [-0.39, 0.29) is 0 Å². The van der Waals surface area contributed by atoms with E-state index in [9.17, 15) is 0 Å². The number of nitrogen functional groups attached to an aromatic ring is 1. The van der Waals surface area contributed by atoms with Crippen LogP contribution in [0.3, 0.4) is 0 Å². The molecule has 0 fully saturated rings. The first-order valence-corrected chi connectivity index (χ1v) is 6.80. The molecule has 2 aromatic carbocycles. The van der Waals surface area contributed by atoms with Crippen LogP contribution in [0.1, 0.15) is 0 Å². The number of nitrogens with one attached hydrogen (secondary N) is 1. The van der Waals surface area contributed by atoms with Crippen molar-refractivity contribution in [1.82, 2.24) is 4.98 Å². The fraction of sp³-hybridized carbons (Fsp3) is 0.0625. The Morgan fingerprint density at radius 1 is 1.10 bits per heavy atom. The Labute approximate surface area is 127 Å². The van der Waals surface area contributed by atoms with Gasteiger partial charge in [-0.2, -0.15) is 0 Å². The monoisotopic (exact) mass is 299 g/mol. The van der Waals surface area contributed by atoms with Crippen LogP contribution >= 0.6 is 11.6 Å². The van der Waals surface area contributed by atoms with Gasteiger partial charge in [0.25, 0.3) is 0 Å². The van der Waals surface area contributed by atoms with Gasteiger partial charge >= 0.3 is 0 Å². The lowest BCUT2D eigenvalue weighted by molar-refractivity contribution is 0.415. The SMILES string of the molecule is COc1ccc2nc(NN)c(-c3ccc(Cl)cc3)cc2c1. The molecule has 0 bridgehead atoms. The second kappa shape index (κ2) is 5.60. The van der Waals surface area contributed by atoms with Crippen molar-refractivity contribution in [1.29, 1.82) is 0 Å². The highest BCUT2D eigenvalue weighted by atomic mass is 35.5. The Balaban J connectivity index is 2.21. The standard InChI is InChI=1S/C16H14ClN3O/c1-21-13-6-7-15-11(8-13)9-14(16(19-15)20-18)10-2-4-12(17)5-3-10/h2-9H,18H2,1H3,(H,19,20). The van der Waals surface area contributed by atoms with Crippen LogP contribution < -0.4 is 16.0 Å². The summed E-state index contributed by atoms with van der Waals surface area (Å²) in [7, 11) is 1.64. The van der Waals surface area contributed by atoms with Gasteiger partial charge in [0.05, 0.1) is 12.6 Å². The number of nitrogens with two attached hydrogens (primary N) is 1. The molecular weight excluding hydrogens is 286 g/mol. The zero-order valence-electron chi connectivity index (χ0n) is 11.4. The third-order valence-corrected chi connectivity index (χ3v) is 3.57. The molecule has 5 heteroatoms. The number of rotatable bonds is 3. The first-order chi connectivity index (χ1) is 10.2. The Bertz CT molecular complexity index is 787. The maximum Gasteiger partial charge on any atom is 0.148 e. The summed E-state index contributed by atoms with van der Waals surface area (Å²) in [4.78, 5) is 4.54. The number of hydrazine groups is 1. The Kier molecular flexibility index (Phi) is 3.64. The quantitative estimate of drug-likeness (QED) is 0.570. The van der Waals surface area contributed by atoms with Crippen LogP contribution in [-0.4, -0.2) is 12.1 Å². The highest BCUT2D eigenvalue weighted by Crippen LogP contribution is 2.31. The van der Waals surface area contributed by atoms with E-state index >= 15 is 0 Å². The third-order valence-electron chi connectivity index (χ3n) is 3.31. The second-order valence-corrected chi connectivity index (χ2v) is 5.03. The molecule has 3 rings (SSSR count). The van der Waals surface area contributed by atoms with E-state index in [0.717, 1.165) is 27.8 Å². The lowest BCUT2D eigenvalue weighted by Gasteiger charge is -2.11. The van der Waals surface area contributed by atoms with E-state index in [1.807, 2.05) is 48.5 Å². The number of methoxy groups -OCH3 is 1. The molecule has 0 aliphatic carbocycles. The molecule has 0 aliphatic heterocycles. The van der Waals surface area contributed by atoms with Crippen LogP contribution in [0.2, 0.25) is 5.02 Å². The van der Waals surface area contributed by atoms with Gasteiger partial charge in [-0.05, 0) is 42.0 Å². The van der Waals surface area contributed by atoms with Crippen LogP contribution in [0.5, 0.6) is 5.75 Å². The Morgan fingerprint density at radius 2 is 1.86 bits per heavy atom. The summed E-state index contributed by atoms with van der Waals surface area (Å²) in [6.07, 6.45) is 0. The van der Waals surface area contributed by atoms with Gasteiger partial charge in [-0.25, -0.2) is 10.8 Å². The molecule has 3 N–H and O–H groups in total. The van der Waals surface area contributed by atoms with Crippen LogP contribution in [0.25, 0.3) is 22.0 Å². The Hall–Kier alpha value is -2.30. The van der Waals surface area contributed by atoms with Crippen LogP contribution in [0, 0.1) is 0 Å². The van der Waals surface area contributed by atoms with Crippen LogP contribution in [-0.2, 0) is 0 Å². The summed E-state index contributed by atoms with van der Waals surface area (Å²) >= 11 is 5.93. The molecule has 0 atom stereocenters. The van der Waals surface area contributed by atoms with Crippen molar-refractivity contribution in [2.75, 3.05) is 12.5 Å². The summed E-state index contributed by atoms with van der Waals surface area (Å²) < 4.78 is 5.25. The highest BCUT2D eigenvalue weighted by Gasteiger charge is 2.09. The van der Waals surface area contributed by atoms with Gasteiger partial charge in [0.1, 0.15) is 11.6 Å². The first-order valence-electron chi connectivity index (χ1n) is 6.42. The van der Waals surface area contributed by atoms with Crippen LogP contribution in [0.15, 0.2) is 48.5 Å². The first kappa shape index (κ1) is 13.7. The molecular formula is C16H14ClN3O. The van der Waals surface area contributed by atoms with Crippen molar-refractivity contribution in [2.45, 2.75) is 0 Å². The van der Waals surface area contributed by atoms with Crippen molar-refractivity contribution < 1.29 is 4.74 Å². The summed E-state index contributed by atoms with van der Waals surface area (Å²) in [6.45, 7) is 0. The van der Waals surface area contributed by atoms with E-state index in [1.54, 1.807) is 7.11 Å². The van der Waals surface area contributed by atoms with Gasteiger partial charge in [-0.1, -0.05) is 23.7 Å². The molecule has 21 heavy (non-hydrogen) atoms. The number of halogens is 1. The summed E-state index contributed by atoms with van der Waals surface area (Å²) in [6, 6.07) is 15.3. The summed E-state index contributed by atoms with van der Waals surface area (Å²) in [5.41, 5.74) is 5.40. The van der Waals surface area contributed by atoms with E-state index in [4.69, 9.17) is 22.2 Å². The molecule has 3 aromatic rings. The van der Waals surface area contributed by atoms with E-state index in [1.165, 1.54) is 0 Å². The fourth-order valence-electron chi connectivity index (χ4n) is 2.24. The van der Waals surface area contributed by atoms with Crippen molar-refractivity contribution in [2.24, 2.45) is 5.84 Å². The van der Waals surface area contributed by atoms with Crippen LogP contribution in [0.4, 0.5) is 5.82 Å². The zero-order valence-corrected chi connectivity index (χ0v) is 12.2. The molecule has 106 valence electrons.